The lowest BCUT2D eigenvalue weighted by Crippen LogP contribution is -2.50. The van der Waals surface area contributed by atoms with Gasteiger partial charge in [0.15, 0.2) is 5.60 Å². The zero-order valence-corrected chi connectivity index (χ0v) is 14.4. The van der Waals surface area contributed by atoms with Gasteiger partial charge in [-0.3, -0.25) is 4.79 Å². The van der Waals surface area contributed by atoms with Crippen LogP contribution in [0.25, 0.3) is 0 Å². The predicted molar refractivity (Wildman–Crippen MR) is 89.7 cm³/mol. The van der Waals surface area contributed by atoms with Gasteiger partial charge in [-0.1, -0.05) is 6.07 Å². The minimum atomic E-state index is -1.68. The lowest BCUT2D eigenvalue weighted by molar-refractivity contribution is -0.165. The molecule has 1 aromatic rings. The van der Waals surface area contributed by atoms with Crippen molar-refractivity contribution in [2.45, 2.75) is 43.6 Å². The van der Waals surface area contributed by atoms with Crippen molar-refractivity contribution in [3.05, 3.63) is 29.3 Å². The summed E-state index contributed by atoms with van der Waals surface area (Å²) < 4.78 is 0. The van der Waals surface area contributed by atoms with Gasteiger partial charge in [0.05, 0.1) is 0 Å². The Labute approximate surface area is 140 Å². The van der Waals surface area contributed by atoms with Crippen LogP contribution in [0.5, 0.6) is 0 Å². The second-order valence-corrected chi connectivity index (χ2v) is 7.23. The van der Waals surface area contributed by atoms with Crippen LogP contribution in [0.4, 0.5) is 0 Å². The Kier molecular flexibility index (Phi) is 5.70. The molecule has 0 spiro atoms. The number of amides is 1. The van der Waals surface area contributed by atoms with Crippen molar-refractivity contribution in [3.8, 4) is 0 Å². The third-order valence-corrected chi connectivity index (χ3v) is 5.40. The van der Waals surface area contributed by atoms with Gasteiger partial charge in [0.1, 0.15) is 0 Å². The SMILES string of the molecule is Cc1ccc(SCCC(=O)N2CCC(O)(C(=O)O)CC2)cc1C. The third-order valence-electron chi connectivity index (χ3n) is 4.40. The van der Waals surface area contributed by atoms with E-state index in [-0.39, 0.29) is 18.7 Å². The molecular formula is C17H23NO4S. The second-order valence-electron chi connectivity index (χ2n) is 6.06. The van der Waals surface area contributed by atoms with E-state index >= 15 is 0 Å². The van der Waals surface area contributed by atoms with Crippen LogP contribution in [0.15, 0.2) is 23.1 Å². The molecule has 1 aliphatic rings. The Bertz CT molecular complexity index is 594. The van der Waals surface area contributed by atoms with Crippen LogP contribution >= 0.6 is 11.8 Å². The molecule has 23 heavy (non-hydrogen) atoms. The van der Waals surface area contributed by atoms with Gasteiger partial charge in [0, 0.05) is 43.0 Å². The molecule has 2 N–H and O–H groups in total. The monoisotopic (exact) mass is 337 g/mol. The standard InChI is InChI=1S/C17H23NO4S/c1-12-3-4-14(11-13(12)2)23-10-5-15(19)18-8-6-17(22,7-9-18)16(20)21/h3-4,11,22H,5-10H2,1-2H3,(H,20,21). The minimum Gasteiger partial charge on any atom is -0.479 e. The first-order valence-corrected chi connectivity index (χ1v) is 8.74. The molecule has 0 aliphatic carbocycles. The number of likely N-dealkylation sites (tertiary alicyclic amines) is 1. The predicted octanol–water partition coefficient (Wildman–Crippen LogP) is 2.22. The van der Waals surface area contributed by atoms with Gasteiger partial charge in [-0.25, -0.2) is 4.79 Å². The van der Waals surface area contributed by atoms with Gasteiger partial charge in [0.2, 0.25) is 5.91 Å². The average molecular weight is 337 g/mol. The van der Waals surface area contributed by atoms with Crippen molar-refractivity contribution in [3.63, 3.8) is 0 Å². The van der Waals surface area contributed by atoms with Crippen LogP contribution in [0, 0.1) is 13.8 Å². The molecule has 1 aliphatic heterocycles. The number of carboxylic acids is 1. The van der Waals surface area contributed by atoms with Crippen molar-refractivity contribution in [1.29, 1.82) is 0 Å². The Morgan fingerprint density at radius 2 is 1.87 bits per heavy atom. The van der Waals surface area contributed by atoms with E-state index in [0.717, 1.165) is 4.90 Å². The molecule has 0 saturated carbocycles. The lowest BCUT2D eigenvalue weighted by Gasteiger charge is -2.35. The van der Waals surface area contributed by atoms with Crippen molar-refractivity contribution in [2.75, 3.05) is 18.8 Å². The van der Waals surface area contributed by atoms with E-state index < -0.39 is 11.6 Å². The normalized spacial score (nSPS) is 17.1. The van der Waals surface area contributed by atoms with Gasteiger partial charge >= 0.3 is 5.97 Å². The largest absolute Gasteiger partial charge is 0.479 e. The maximum atomic E-state index is 12.2. The topological polar surface area (TPSA) is 77.8 Å². The van der Waals surface area contributed by atoms with E-state index in [1.54, 1.807) is 16.7 Å². The quantitative estimate of drug-likeness (QED) is 0.806. The summed E-state index contributed by atoms with van der Waals surface area (Å²) in [6.07, 6.45) is 0.611. The summed E-state index contributed by atoms with van der Waals surface area (Å²) in [5, 5.41) is 18.9. The fourth-order valence-electron chi connectivity index (χ4n) is 2.56. The highest BCUT2D eigenvalue weighted by Crippen LogP contribution is 2.25. The van der Waals surface area contributed by atoms with E-state index in [1.165, 1.54) is 11.1 Å². The van der Waals surface area contributed by atoms with Crippen molar-refractivity contribution >= 4 is 23.6 Å². The van der Waals surface area contributed by atoms with E-state index in [1.807, 2.05) is 0 Å². The molecule has 0 atom stereocenters. The number of hydrogen-bond donors (Lipinski definition) is 2. The van der Waals surface area contributed by atoms with Crippen LogP contribution in [0.1, 0.15) is 30.4 Å². The summed E-state index contributed by atoms with van der Waals surface area (Å²) in [6, 6.07) is 6.26. The smallest absolute Gasteiger partial charge is 0.335 e. The van der Waals surface area contributed by atoms with E-state index in [4.69, 9.17) is 5.11 Å². The minimum absolute atomic E-state index is 0.0220. The van der Waals surface area contributed by atoms with Gasteiger partial charge in [-0.05, 0) is 37.1 Å². The van der Waals surface area contributed by atoms with Gasteiger partial charge < -0.3 is 15.1 Å². The zero-order chi connectivity index (χ0) is 17.0. The van der Waals surface area contributed by atoms with Crippen LogP contribution in [0.2, 0.25) is 0 Å². The number of aryl methyl sites for hydroxylation is 2. The van der Waals surface area contributed by atoms with E-state index in [2.05, 4.69) is 32.0 Å². The Morgan fingerprint density at radius 3 is 2.43 bits per heavy atom. The van der Waals surface area contributed by atoms with E-state index in [0.29, 0.717) is 25.3 Å². The number of rotatable bonds is 5. The third kappa shape index (κ3) is 4.48. The first-order chi connectivity index (χ1) is 10.8. The van der Waals surface area contributed by atoms with Crippen LogP contribution in [0.3, 0.4) is 0 Å². The first kappa shape index (κ1) is 17.8. The maximum Gasteiger partial charge on any atom is 0.335 e. The van der Waals surface area contributed by atoms with Gasteiger partial charge in [-0.15, -0.1) is 11.8 Å². The lowest BCUT2D eigenvalue weighted by atomic mass is 9.91. The van der Waals surface area contributed by atoms with Crippen molar-refractivity contribution in [1.82, 2.24) is 4.90 Å². The molecule has 5 nitrogen and oxygen atoms in total. The molecule has 1 amide bonds. The van der Waals surface area contributed by atoms with E-state index in [9.17, 15) is 14.7 Å². The number of piperidine rings is 1. The summed E-state index contributed by atoms with van der Waals surface area (Å²) in [7, 11) is 0. The average Bonchev–Trinajstić information content (AvgIpc) is 2.51. The fourth-order valence-corrected chi connectivity index (χ4v) is 3.49. The van der Waals surface area contributed by atoms with Gasteiger partial charge in [0.25, 0.3) is 0 Å². The second kappa shape index (κ2) is 7.36. The Balaban J connectivity index is 1.77. The van der Waals surface area contributed by atoms with Crippen LogP contribution in [-0.2, 0) is 9.59 Å². The summed E-state index contributed by atoms with van der Waals surface area (Å²) in [5.74, 6) is -0.482. The number of thioether (sulfide) groups is 1. The molecule has 1 saturated heterocycles. The Morgan fingerprint density at radius 1 is 1.22 bits per heavy atom. The molecule has 0 bridgehead atoms. The highest BCUT2D eigenvalue weighted by molar-refractivity contribution is 7.99. The molecule has 0 aromatic heterocycles. The molecular weight excluding hydrogens is 314 g/mol. The number of carbonyl (C=O) groups is 2. The molecule has 1 heterocycles. The summed E-state index contributed by atoms with van der Waals surface area (Å²) in [6.45, 7) is 4.75. The number of hydrogen-bond acceptors (Lipinski definition) is 4. The summed E-state index contributed by atoms with van der Waals surface area (Å²) in [5.41, 5.74) is 0.820. The van der Waals surface area contributed by atoms with Gasteiger partial charge in [-0.2, -0.15) is 0 Å². The molecule has 6 heteroatoms. The van der Waals surface area contributed by atoms with Crippen LogP contribution < -0.4 is 0 Å². The molecule has 126 valence electrons. The number of aliphatic carboxylic acids is 1. The Hall–Kier alpha value is -1.53. The molecule has 0 radical (unpaired) electrons. The summed E-state index contributed by atoms with van der Waals surface area (Å²) in [4.78, 5) is 26.0. The number of carbonyl (C=O) groups excluding carboxylic acids is 1. The molecule has 0 unspecified atom stereocenters. The molecule has 1 aromatic carbocycles. The number of benzene rings is 1. The summed E-state index contributed by atoms with van der Waals surface area (Å²) >= 11 is 1.65. The van der Waals surface area contributed by atoms with Crippen molar-refractivity contribution in [2.24, 2.45) is 0 Å². The molecule has 1 fully saturated rings. The number of nitrogens with zero attached hydrogens (tertiary/aromatic N) is 1. The van der Waals surface area contributed by atoms with Crippen molar-refractivity contribution < 1.29 is 19.8 Å². The van der Waals surface area contributed by atoms with Crippen LogP contribution in [-0.4, -0.2) is 51.4 Å². The highest BCUT2D eigenvalue weighted by Gasteiger charge is 2.40. The fraction of sp³-hybridized carbons (Fsp3) is 0.529. The zero-order valence-electron chi connectivity index (χ0n) is 13.5. The maximum absolute atomic E-state index is 12.2. The number of carboxylic acid groups (broad SMARTS) is 1. The first-order valence-electron chi connectivity index (χ1n) is 7.75. The molecule has 2 rings (SSSR count). The number of aliphatic hydroxyl groups is 1. The highest BCUT2D eigenvalue weighted by atomic mass is 32.2.